The maximum atomic E-state index is 6.02. The first-order chi connectivity index (χ1) is 8.20. The second-order valence-electron chi connectivity index (χ2n) is 4.79. The molecule has 1 fully saturated rings. The molecule has 1 unspecified atom stereocenters. The fraction of sp³-hybridized carbons (Fsp3) is 0.571. The predicted molar refractivity (Wildman–Crippen MR) is 75.0 cm³/mol. The smallest absolute Gasteiger partial charge is 0.0595 e. The highest BCUT2D eigenvalue weighted by molar-refractivity contribution is 6.42. The van der Waals surface area contributed by atoms with Gasteiger partial charge in [-0.05, 0) is 55.8 Å². The Bertz CT molecular complexity index is 374. The molecule has 1 N–H and O–H groups in total. The SMILES string of the molecule is CCNC(CCc1ccc(Cl)c(Cl)c1)C1CC1. The average molecular weight is 272 g/mol. The maximum Gasteiger partial charge on any atom is 0.0595 e. The van der Waals surface area contributed by atoms with E-state index in [2.05, 4.69) is 18.3 Å². The lowest BCUT2D eigenvalue weighted by atomic mass is 10.0. The minimum Gasteiger partial charge on any atom is -0.314 e. The van der Waals surface area contributed by atoms with Crippen LogP contribution in [0.1, 0.15) is 31.7 Å². The summed E-state index contributed by atoms with van der Waals surface area (Å²) in [6, 6.07) is 6.62. The molecule has 2 rings (SSSR count). The molecule has 94 valence electrons. The predicted octanol–water partition coefficient (Wildman–Crippen LogP) is 4.31. The summed E-state index contributed by atoms with van der Waals surface area (Å²) in [5.41, 5.74) is 1.28. The molecule has 0 bridgehead atoms. The Labute approximate surface area is 114 Å². The van der Waals surface area contributed by atoms with Crippen LogP contribution in [0.4, 0.5) is 0 Å². The lowest BCUT2D eigenvalue weighted by molar-refractivity contribution is 0.446. The number of rotatable bonds is 6. The Hall–Kier alpha value is -0.240. The quantitative estimate of drug-likeness (QED) is 0.813. The Morgan fingerprint density at radius 2 is 2.06 bits per heavy atom. The third-order valence-corrected chi connectivity index (χ3v) is 4.12. The summed E-state index contributed by atoms with van der Waals surface area (Å²) >= 11 is 11.9. The number of benzene rings is 1. The zero-order valence-corrected chi connectivity index (χ0v) is 11.7. The third-order valence-electron chi connectivity index (χ3n) is 3.39. The van der Waals surface area contributed by atoms with Crippen molar-refractivity contribution in [2.24, 2.45) is 5.92 Å². The maximum absolute atomic E-state index is 6.02. The van der Waals surface area contributed by atoms with Gasteiger partial charge in [-0.15, -0.1) is 0 Å². The van der Waals surface area contributed by atoms with Crippen LogP contribution in [0.25, 0.3) is 0 Å². The molecule has 1 atom stereocenters. The molecule has 3 heteroatoms. The van der Waals surface area contributed by atoms with Crippen molar-refractivity contribution in [3.05, 3.63) is 33.8 Å². The van der Waals surface area contributed by atoms with Crippen LogP contribution in [0.3, 0.4) is 0 Å². The fourth-order valence-electron chi connectivity index (χ4n) is 2.28. The van der Waals surface area contributed by atoms with E-state index in [0.717, 1.165) is 18.9 Å². The van der Waals surface area contributed by atoms with Gasteiger partial charge in [0.15, 0.2) is 0 Å². The standard InChI is InChI=1S/C14H19Cl2N/c1-2-17-14(11-5-6-11)8-4-10-3-7-12(15)13(16)9-10/h3,7,9,11,14,17H,2,4-6,8H2,1H3. The summed E-state index contributed by atoms with van der Waals surface area (Å²) in [4.78, 5) is 0. The van der Waals surface area contributed by atoms with Crippen LogP contribution in [0, 0.1) is 5.92 Å². The van der Waals surface area contributed by atoms with E-state index in [0.29, 0.717) is 16.1 Å². The number of nitrogens with one attached hydrogen (secondary N) is 1. The van der Waals surface area contributed by atoms with Crippen LogP contribution in [-0.4, -0.2) is 12.6 Å². The van der Waals surface area contributed by atoms with Crippen LogP contribution >= 0.6 is 23.2 Å². The fourth-order valence-corrected chi connectivity index (χ4v) is 2.60. The van der Waals surface area contributed by atoms with Gasteiger partial charge in [0.1, 0.15) is 0 Å². The van der Waals surface area contributed by atoms with E-state index in [1.807, 2.05) is 12.1 Å². The largest absolute Gasteiger partial charge is 0.314 e. The molecule has 1 aliphatic carbocycles. The summed E-state index contributed by atoms with van der Waals surface area (Å²) in [6.07, 6.45) is 5.04. The number of hydrogen-bond donors (Lipinski definition) is 1. The summed E-state index contributed by atoms with van der Waals surface area (Å²) in [6.45, 7) is 3.23. The van der Waals surface area contributed by atoms with Gasteiger partial charge < -0.3 is 5.32 Å². The second kappa shape index (κ2) is 6.08. The molecule has 1 nitrogen and oxygen atoms in total. The molecular formula is C14H19Cl2N. The highest BCUT2D eigenvalue weighted by Gasteiger charge is 2.29. The topological polar surface area (TPSA) is 12.0 Å². The minimum atomic E-state index is 0.640. The Morgan fingerprint density at radius 1 is 1.29 bits per heavy atom. The van der Waals surface area contributed by atoms with Crippen molar-refractivity contribution >= 4 is 23.2 Å². The van der Waals surface area contributed by atoms with Gasteiger partial charge in [-0.3, -0.25) is 0 Å². The van der Waals surface area contributed by atoms with Gasteiger partial charge in [-0.2, -0.15) is 0 Å². The van der Waals surface area contributed by atoms with Crippen molar-refractivity contribution in [3.63, 3.8) is 0 Å². The van der Waals surface area contributed by atoms with E-state index in [9.17, 15) is 0 Å². The summed E-state index contributed by atoms with van der Waals surface area (Å²) < 4.78 is 0. The van der Waals surface area contributed by atoms with Crippen LogP contribution in [-0.2, 0) is 6.42 Å². The Balaban J connectivity index is 1.89. The van der Waals surface area contributed by atoms with E-state index in [-0.39, 0.29) is 0 Å². The zero-order chi connectivity index (χ0) is 12.3. The first-order valence-corrected chi connectivity index (χ1v) is 7.13. The molecule has 1 aliphatic rings. The van der Waals surface area contributed by atoms with Gasteiger partial charge in [0.25, 0.3) is 0 Å². The van der Waals surface area contributed by atoms with Crippen LogP contribution in [0.2, 0.25) is 10.0 Å². The number of hydrogen-bond acceptors (Lipinski definition) is 1. The lowest BCUT2D eigenvalue weighted by Crippen LogP contribution is -2.31. The lowest BCUT2D eigenvalue weighted by Gasteiger charge is -2.17. The van der Waals surface area contributed by atoms with Crippen LogP contribution in [0.5, 0.6) is 0 Å². The molecule has 1 aromatic rings. The van der Waals surface area contributed by atoms with Crippen molar-refractivity contribution in [2.45, 2.75) is 38.6 Å². The zero-order valence-electron chi connectivity index (χ0n) is 10.2. The number of aryl methyl sites for hydroxylation is 1. The van der Waals surface area contributed by atoms with E-state index in [1.165, 1.54) is 24.8 Å². The molecule has 0 heterocycles. The van der Waals surface area contributed by atoms with Gasteiger partial charge in [0, 0.05) is 6.04 Å². The molecule has 0 saturated heterocycles. The first-order valence-electron chi connectivity index (χ1n) is 6.38. The molecule has 17 heavy (non-hydrogen) atoms. The van der Waals surface area contributed by atoms with Gasteiger partial charge in [0.05, 0.1) is 10.0 Å². The van der Waals surface area contributed by atoms with Crippen molar-refractivity contribution < 1.29 is 0 Å². The summed E-state index contributed by atoms with van der Waals surface area (Å²) in [7, 11) is 0. The van der Waals surface area contributed by atoms with Crippen molar-refractivity contribution in [2.75, 3.05) is 6.54 Å². The van der Waals surface area contributed by atoms with Gasteiger partial charge in [-0.1, -0.05) is 36.2 Å². The highest BCUT2D eigenvalue weighted by atomic mass is 35.5. The molecule has 0 amide bonds. The summed E-state index contributed by atoms with van der Waals surface area (Å²) in [5.74, 6) is 0.901. The molecular weight excluding hydrogens is 253 g/mol. The monoisotopic (exact) mass is 271 g/mol. The molecule has 0 radical (unpaired) electrons. The Morgan fingerprint density at radius 3 is 2.65 bits per heavy atom. The van der Waals surface area contributed by atoms with Crippen molar-refractivity contribution in [1.82, 2.24) is 5.32 Å². The second-order valence-corrected chi connectivity index (χ2v) is 5.60. The van der Waals surface area contributed by atoms with E-state index >= 15 is 0 Å². The van der Waals surface area contributed by atoms with E-state index in [1.54, 1.807) is 0 Å². The molecule has 0 aromatic heterocycles. The van der Waals surface area contributed by atoms with Crippen molar-refractivity contribution in [3.8, 4) is 0 Å². The van der Waals surface area contributed by atoms with Gasteiger partial charge in [-0.25, -0.2) is 0 Å². The first kappa shape index (κ1) is 13.2. The van der Waals surface area contributed by atoms with E-state index in [4.69, 9.17) is 23.2 Å². The van der Waals surface area contributed by atoms with Crippen molar-refractivity contribution in [1.29, 1.82) is 0 Å². The summed E-state index contributed by atoms with van der Waals surface area (Å²) in [5, 5.41) is 4.88. The normalized spacial score (nSPS) is 17.1. The van der Waals surface area contributed by atoms with Crippen LogP contribution < -0.4 is 5.32 Å². The molecule has 0 aliphatic heterocycles. The molecule has 1 saturated carbocycles. The highest BCUT2D eigenvalue weighted by Crippen LogP contribution is 2.34. The van der Waals surface area contributed by atoms with Gasteiger partial charge in [0.2, 0.25) is 0 Å². The minimum absolute atomic E-state index is 0.640. The number of halogens is 2. The van der Waals surface area contributed by atoms with Crippen LogP contribution in [0.15, 0.2) is 18.2 Å². The average Bonchev–Trinajstić information content (AvgIpc) is 3.13. The molecule has 1 aromatic carbocycles. The molecule has 0 spiro atoms. The third kappa shape index (κ3) is 3.87. The Kier molecular flexibility index (Phi) is 4.72. The van der Waals surface area contributed by atoms with Gasteiger partial charge >= 0.3 is 0 Å². The van der Waals surface area contributed by atoms with E-state index < -0.39 is 0 Å².